The van der Waals surface area contributed by atoms with Gasteiger partial charge in [0.15, 0.2) is 5.16 Å². The zero-order valence-electron chi connectivity index (χ0n) is 14.4. The van der Waals surface area contributed by atoms with Crippen molar-refractivity contribution in [1.82, 2.24) is 24.5 Å². The number of aryl methyl sites for hydroxylation is 2. The molecule has 4 rings (SSSR count). The topological polar surface area (TPSA) is 83.4 Å². The van der Waals surface area contributed by atoms with Gasteiger partial charge in [-0.05, 0) is 30.9 Å². The van der Waals surface area contributed by atoms with Crippen molar-refractivity contribution in [2.45, 2.75) is 31.5 Å². The van der Waals surface area contributed by atoms with Gasteiger partial charge in [-0.1, -0.05) is 36.0 Å². The fourth-order valence-electron chi connectivity index (χ4n) is 3.17. The maximum atomic E-state index is 12.6. The van der Waals surface area contributed by atoms with Crippen LogP contribution in [0.15, 0.2) is 40.3 Å². The summed E-state index contributed by atoms with van der Waals surface area (Å²) in [6, 6.07) is 9.74. The van der Waals surface area contributed by atoms with E-state index >= 15 is 0 Å². The molecule has 0 unspecified atom stereocenters. The summed E-state index contributed by atoms with van der Waals surface area (Å²) in [5, 5.41) is 3.42. The Labute approximate surface area is 154 Å². The largest absolute Gasteiger partial charge is 0.338 e. The number of aromatic nitrogens is 4. The van der Waals surface area contributed by atoms with Crippen molar-refractivity contribution in [2.24, 2.45) is 0 Å². The number of carbonyl (C=O) groups is 1. The number of nitrogens with one attached hydrogen (secondary N) is 1. The van der Waals surface area contributed by atoms with E-state index in [0.717, 1.165) is 19.4 Å². The fraction of sp³-hybridized carbons (Fsp3) is 0.333. The Morgan fingerprint density at radius 2 is 2.08 bits per heavy atom. The van der Waals surface area contributed by atoms with Crippen LogP contribution in [-0.2, 0) is 17.8 Å². The molecule has 3 aromatic rings. The lowest BCUT2D eigenvalue weighted by Crippen LogP contribution is -2.32. The highest BCUT2D eigenvalue weighted by atomic mass is 32.2. The Balaban J connectivity index is 1.45. The number of hydrogen-bond acceptors (Lipinski definition) is 5. The number of aromatic amines is 1. The van der Waals surface area contributed by atoms with Crippen molar-refractivity contribution in [2.75, 3.05) is 12.3 Å². The van der Waals surface area contributed by atoms with Crippen LogP contribution in [0.4, 0.5) is 0 Å². The summed E-state index contributed by atoms with van der Waals surface area (Å²) in [5.41, 5.74) is 2.96. The molecule has 134 valence electrons. The average molecular weight is 369 g/mol. The van der Waals surface area contributed by atoms with Crippen LogP contribution in [0.1, 0.15) is 23.2 Å². The monoisotopic (exact) mass is 369 g/mol. The second-order valence-electron chi connectivity index (χ2n) is 6.38. The third-order valence-electron chi connectivity index (χ3n) is 4.48. The Bertz CT molecular complexity index is 1030. The van der Waals surface area contributed by atoms with Crippen molar-refractivity contribution in [1.29, 1.82) is 0 Å². The lowest BCUT2D eigenvalue weighted by Gasteiger charge is -2.20. The van der Waals surface area contributed by atoms with E-state index in [-0.39, 0.29) is 17.2 Å². The molecule has 0 fully saturated rings. The van der Waals surface area contributed by atoms with E-state index in [1.54, 1.807) is 6.92 Å². The van der Waals surface area contributed by atoms with Gasteiger partial charge in [-0.3, -0.25) is 14.7 Å². The molecule has 26 heavy (non-hydrogen) atoms. The molecule has 0 atom stereocenters. The first-order chi connectivity index (χ1) is 12.6. The van der Waals surface area contributed by atoms with Crippen LogP contribution in [-0.4, -0.2) is 42.7 Å². The van der Waals surface area contributed by atoms with Gasteiger partial charge in [-0.2, -0.15) is 9.50 Å². The molecule has 0 saturated carbocycles. The highest BCUT2D eigenvalue weighted by molar-refractivity contribution is 7.99. The molecule has 1 aliphatic rings. The van der Waals surface area contributed by atoms with Crippen LogP contribution in [0.5, 0.6) is 0 Å². The van der Waals surface area contributed by atoms with Crippen molar-refractivity contribution in [3.63, 3.8) is 0 Å². The molecule has 0 saturated heterocycles. The van der Waals surface area contributed by atoms with Gasteiger partial charge in [0.2, 0.25) is 5.91 Å². The smallest absolute Gasteiger partial charge is 0.274 e. The molecular weight excluding hydrogens is 350 g/mol. The standard InChI is InChI=1S/C18H19N5O2S/c1-12-9-15(24)23-17(19-12)20-18(21-23)26-11-16(25)22-8-4-7-13-5-2-3-6-14(13)10-22/h2-3,5-6,9H,4,7-8,10-11H2,1H3,(H,19,20,21). The second kappa shape index (κ2) is 6.95. The van der Waals surface area contributed by atoms with Crippen LogP contribution in [0.3, 0.4) is 0 Å². The summed E-state index contributed by atoms with van der Waals surface area (Å²) in [5.74, 6) is 0.674. The predicted molar refractivity (Wildman–Crippen MR) is 99.2 cm³/mol. The van der Waals surface area contributed by atoms with Gasteiger partial charge in [0.1, 0.15) is 0 Å². The minimum atomic E-state index is -0.206. The zero-order valence-corrected chi connectivity index (χ0v) is 15.3. The normalized spacial score (nSPS) is 14.3. The van der Waals surface area contributed by atoms with Crippen LogP contribution in [0.25, 0.3) is 5.78 Å². The SMILES string of the molecule is Cc1cc(=O)n2[nH]c(SCC(=O)N3CCCc4ccccc4C3)nc2n1. The van der Waals surface area contributed by atoms with Gasteiger partial charge >= 0.3 is 0 Å². The van der Waals surface area contributed by atoms with Gasteiger partial charge in [-0.25, -0.2) is 4.98 Å². The summed E-state index contributed by atoms with van der Waals surface area (Å²) in [6.07, 6.45) is 1.97. The molecule has 8 heteroatoms. The summed E-state index contributed by atoms with van der Waals surface area (Å²) in [7, 11) is 0. The predicted octanol–water partition coefficient (Wildman–Crippen LogP) is 1.79. The van der Waals surface area contributed by atoms with E-state index in [1.807, 2.05) is 17.0 Å². The number of H-pyrrole nitrogens is 1. The highest BCUT2D eigenvalue weighted by Crippen LogP contribution is 2.20. The molecule has 0 radical (unpaired) electrons. The van der Waals surface area contributed by atoms with Crippen molar-refractivity contribution >= 4 is 23.4 Å². The number of benzene rings is 1. The Morgan fingerprint density at radius 3 is 2.92 bits per heavy atom. The fourth-order valence-corrected chi connectivity index (χ4v) is 3.92. The van der Waals surface area contributed by atoms with E-state index in [9.17, 15) is 9.59 Å². The van der Waals surface area contributed by atoms with Gasteiger partial charge in [0.25, 0.3) is 11.3 Å². The van der Waals surface area contributed by atoms with Crippen LogP contribution in [0, 0.1) is 6.92 Å². The van der Waals surface area contributed by atoms with E-state index in [0.29, 0.717) is 23.2 Å². The number of amides is 1. The Kier molecular flexibility index (Phi) is 4.50. The lowest BCUT2D eigenvalue weighted by atomic mass is 10.0. The number of hydrogen-bond donors (Lipinski definition) is 1. The molecular formula is C18H19N5O2S. The van der Waals surface area contributed by atoms with Gasteiger partial charge in [0.05, 0.1) is 5.75 Å². The Hall–Kier alpha value is -2.61. The molecule has 1 amide bonds. The maximum absolute atomic E-state index is 12.6. The number of thioether (sulfide) groups is 1. The molecule has 1 aliphatic heterocycles. The third-order valence-corrected chi connectivity index (χ3v) is 5.32. The molecule has 1 aromatic carbocycles. The molecule has 0 bridgehead atoms. The molecule has 3 heterocycles. The first-order valence-corrected chi connectivity index (χ1v) is 9.52. The van der Waals surface area contributed by atoms with Crippen molar-refractivity contribution < 1.29 is 4.79 Å². The summed E-state index contributed by atoms with van der Waals surface area (Å²) in [4.78, 5) is 35.0. The summed E-state index contributed by atoms with van der Waals surface area (Å²) in [6.45, 7) is 3.16. The van der Waals surface area contributed by atoms with Gasteiger partial charge in [-0.15, -0.1) is 0 Å². The number of carbonyl (C=O) groups excluding carboxylic acids is 1. The first kappa shape index (κ1) is 16.8. The highest BCUT2D eigenvalue weighted by Gasteiger charge is 2.19. The van der Waals surface area contributed by atoms with Crippen LogP contribution >= 0.6 is 11.8 Å². The van der Waals surface area contributed by atoms with Crippen molar-refractivity contribution in [3.8, 4) is 0 Å². The molecule has 0 aliphatic carbocycles. The molecule has 0 spiro atoms. The number of fused-ring (bicyclic) bond motifs is 2. The van der Waals surface area contributed by atoms with Crippen molar-refractivity contribution in [3.05, 3.63) is 57.5 Å². The molecule has 7 nitrogen and oxygen atoms in total. The lowest BCUT2D eigenvalue weighted by molar-refractivity contribution is -0.128. The quantitative estimate of drug-likeness (QED) is 0.712. The van der Waals surface area contributed by atoms with Gasteiger partial charge < -0.3 is 4.90 Å². The average Bonchev–Trinajstić information content (AvgIpc) is 2.90. The summed E-state index contributed by atoms with van der Waals surface area (Å²) >= 11 is 1.29. The number of nitrogens with zero attached hydrogens (tertiary/aromatic N) is 4. The minimum Gasteiger partial charge on any atom is -0.338 e. The van der Waals surface area contributed by atoms with Crippen LogP contribution < -0.4 is 5.56 Å². The van der Waals surface area contributed by atoms with Gasteiger partial charge in [0, 0.05) is 24.8 Å². The first-order valence-electron chi connectivity index (χ1n) is 8.54. The maximum Gasteiger partial charge on any atom is 0.274 e. The Morgan fingerprint density at radius 1 is 1.27 bits per heavy atom. The summed E-state index contributed by atoms with van der Waals surface area (Å²) < 4.78 is 1.29. The molecule has 2 aromatic heterocycles. The van der Waals surface area contributed by atoms with E-state index in [4.69, 9.17) is 0 Å². The van der Waals surface area contributed by atoms with E-state index < -0.39 is 0 Å². The minimum absolute atomic E-state index is 0.0728. The van der Waals surface area contributed by atoms with E-state index in [1.165, 1.54) is 33.5 Å². The molecule has 1 N–H and O–H groups in total. The van der Waals surface area contributed by atoms with Crippen LogP contribution in [0.2, 0.25) is 0 Å². The zero-order chi connectivity index (χ0) is 18.1. The third kappa shape index (κ3) is 3.37. The number of rotatable bonds is 3. The second-order valence-corrected chi connectivity index (χ2v) is 7.34. The van der Waals surface area contributed by atoms with E-state index in [2.05, 4.69) is 27.2 Å².